The smallest absolute Gasteiger partial charge is 0.264 e. The van der Waals surface area contributed by atoms with Crippen molar-refractivity contribution in [3.8, 4) is 5.69 Å². The second-order valence-corrected chi connectivity index (χ2v) is 8.45. The predicted octanol–water partition coefficient (Wildman–Crippen LogP) is 5.86. The van der Waals surface area contributed by atoms with Crippen LogP contribution in [0.25, 0.3) is 11.8 Å². The summed E-state index contributed by atoms with van der Waals surface area (Å²) in [6.45, 7) is 8.56. The molecule has 1 aliphatic heterocycles. The maximum Gasteiger partial charge on any atom is 0.264 e. The fourth-order valence-corrected chi connectivity index (χ4v) is 4.68. The van der Waals surface area contributed by atoms with Gasteiger partial charge in [0.05, 0.1) is 16.3 Å². The van der Waals surface area contributed by atoms with Gasteiger partial charge in [-0.3, -0.25) is 4.79 Å². The number of aryl methyl sites for hydroxylation is 3. The number of hydrogen-bond donors (Lipinski definition) is 1. The zero-order chi connectivity index (χ0) is 21.3. The Morgan fingerprint density at radius 2 is 1.83 bits per heavy atom. The van der Waals surface area contributed by atoms with Crippen molar-refractivity contribution in [2.75, 3.05) is 0 Å². The first-order chi connectivity index (χ1) is 14.5. The number of rotatable bonds is 4. The van der Waals surface area contributed by atoms with Crippen LogP contribution in [-0.4, -0.2) is 15.6 Å². The fourth-order valence-electron chi connectivity index (χ4n) is 3.84. The number of benzene rings is 2. The first-order valence-corrected chi connectivity index (χ1v) is 10.9. The summed E-state index contributed by atoms with van der Waals surface area (Å²) in [5, 5.41) is 3.48. The minimum absolute atomic E-state index is 0.107. The van der Waals surface area contributed by atoms with Crippen LogP contribution in [0.4, 0.5) is 5.69 Å². The third-order valence-corrected chi connectivity index (χ3v) is 6.23. The maximum atomic E-state index is 12.5. The van der Waals surface area contributed by atoms with Crippen molar-refractivity contribution in [2.45, 2.75) is 34.1 Å². The number of aliphatic imine (C=N–C) groups is 1. The van der Waals surface area contributed by atoms with Crippen LogP contribution in [0.15, 0.2) is 64.5 Å². The zero-order valence-electron chi connectivity index (χ0n) is 17.7. The van der Waals surface area contributed by atoms with Crippen LogP contribution in [0.3, 0.4) is 0 Å². The summed E-state index contributed by atoms with van der Waals surface area (Å²) in [6, 6.07) is 18.3. The Hall–Kier alpha value is -3.05. The van der Waals surface area contributed by atoms with Crippen LogP contribution in [0.2, 0.25) is 0 Å². The summed E-state index contributed by atoms with van der Waals surface area (Å²) in [5.74, 6) is -0.107. The summed E-state index contributed by atoms with van der Waals surface area (Å²) in [4.78, 5) is 17.7. The van der Waals surface area contributed by atoms with Gasteiger partial charge in [-0.15, -0.1) is 0 Å². The minimum atomic E-state index is -0.107. The van der Waals surface area contributed by atoms with Gasteiger partial charge in [0.15, 0.2) is 5.17 Å². The fraction of sp³-hybridized carbons (Fsp3) is 0.200. The van der Waals surface area contributed by atoms with Gasteiger partial charge in [0.1, 0.15) is 0 Å². The normalized spacial score (nSPS) is 16.5. The average molecular weight is 416 g/mol. The van der Waals surface area contributed by atoms with Crippen LogP contribution in [-0.2, 0) is 11.2 Å². The van der Waals surface area contributed by atoms with E-state index in [2.05, 4.69) is 66.8 Å². The van der Waals surface area contributed by atoms with Gasteiger partial charge in [-0.2, -0.15) is 0 Å². The molecule has 1 amide bonds. The molecule has 1 aromatic heterocycles. The second-order valence-electron chi connectivity index (χ2n) is 7.42. The summed E-state index contributed by atoms with van der Waals surface area (Å²) in [7, 11) is 0. The highest BCUT2D eigenvalue weighted by Gasteiger charge is 2.25. The van der Waals surface area contributed by atoms with E-state index in [1.165, 1.54) is 28.6 Å². The molecule has 3 aromatic rings. The van der Waals surface area contributed by atoms with E-state index in [0.29, 0.717) is 10.1 Å². The lowest BCUT2D eigenvalue weighted by Crippen LogP contribution is -2.19. The van der Waals surface area contributed by atoms with Crippen molar-refractivity contribution < 1.29 is 4.79 Å². The largest absolute Gasteiger partial charge is 0.317 e. The lowest BCUT2D eigenvalue weighted by Gasteiger charge is -2.17. The molecule has 0 bridgehead atoms. The summed E-state index contributed by atoms with van der Waals surface area (Å²) in [6.07, 6.45) is 2.94. The average Bonchev–Trinajstić information content (AvgIpc) is 3.21. The molecule has 2 heterocycles. The highest BCUT2D eigenvalue weighted by atomic mass is 32.2. The number of thioether (sulfide) groups is 1. The number of aromatic nitrogens is 1. The topological polar surface area (TPSA) is 46.4 Å². The molecular weight excluding hydrogens is 390 g/mol. The van der Waals surface area contributed by atoms with E-state index in [1.807, 2.05) is 36.4 Å². The highest BCUT2D eigenvalue weighted by Crippen LogP contribution is 2.32. The number of amidine groups is 1. The highest BCUT2D eigenvalue weighted by molar-refractivity contribution is 8.18. The van der Waals surface area contributed by atoms with Gasteiger partial charge in [-0.25, -0.2) is 4.99 Å². The Kier molecular flexibility index (Phi) is 5.64. The predicted molar refractivity (Wildman–Crippen MR) is 127 cm³/mol. The molecule has 2 aromatic carbocycles. The van der Waals surface area contributed by atoms with Crippen molar-refractivity contribution in [1.29, 1.82) is 0 Å². The third-order valence-electron chi connectivity index (χ3n) is 5.32. The molecule has 1 fully saturated rings. The van der Waals surface area contributed by atoms with Gasteiger partial charge in [0, 0.05) is 11.4 Å². The van der Waals surface area contributed by atoms with Gasteiger partial charge in [0.2, 0.25) is 0 Å². The Morgan fingerprint density at radius 1 is 1.07 bits per heavy atom. The molecule has 30 heavy (non-hydrogen) atoms. The van der Waals surface area contributed by atoms with Crippen molar-refractivity contribution in [2.24, 2.45) is 4.99 Å². The van der Waals surface area contributed by atoms with Crippen molar-refractivity contribution >= 4 is 34.6 Å². The van der Waals surface area contributed by atoms with Crippen LogP contribution >= 0.6 is 11.8 Å². The first kappa shape index (κ1) is 20.2. The molecule has 0 radical (unpaired) electrons. The molecule has 1 N–H and O–H groups in total. The number of carbonyl (C=O) groups excluding carboxylic acids is 1. The van der Waals surface area contributed by atoms with Crippen molar-refractivity contribution in [3.05, 3.63) is 87.6 Å². The van der Waals surface area contributed by atoms with E-state index in [9.17, 15) is 4.79 Å². The Labute approximate surface area is 181 Å². The maximum absolute atomic E-state index is 12.5. The summed E-state index contributed by atoms with van der Waals surface area (Å²) in [5.41, 5.74) is 7.98. The number of nitrogens with one attached hydrogen (secondary N) is 1. The first-order valence-electron chi connectivity index (χ1n) is 10.1. The molecule has 152 valence electrons. The molecule has 0 aliphatic carbocycles. The molecule has 4 nitrogen and oxygen atoms in total. The Balaban J connectivity index is 1.70. The summed E-state index contributed by atoms with van der Waals surface area (Å²) < 4.78 is 2.30. The zero-order valence-corrected chi connectivity index (χ0v) is 18.5. The van der Waals surface area contributed by atoms with E-state index in [1.54, 1.807) is 0 Å². The van der Waals surface area contributed by atoms with Gasteiger partial charge in [-0.05, 0) is 79.9 Å². The molecule has 4 rings (SSSR count). The standard InChI is InChI=1S/C25H25N3OS/c1-5-19-11-9-10-16(2)23(19)28-17(3)14-20(18(28)4)15-22-24(29)27-25(30-22)26-21-12-7-6-8-13-21/h6-15H,5H2,1-4H3,(H,26,27,29)/b22-15-. The van der Waals surface area contributed by atoms with Crippen LogP contribution < -0.4 is 5.32 Å². The Bertz CT molecular complexity index is 1170. The number of hydrogen-bond acceptors (Lipinski definition) is 3. The number of carbonyl (C=O) groups is 1. The quantitative estimate of drug-likeness (QED) is 0.543. The molecule has 0 spiro atoms. The molecule has 0 atom stereocenters. The Morgan fingerprint density at radius 3 is 2.57 bits per heavy atom. The van der Waals surface area contributed by atoms with E-state index in [-0.39, 0.29) is 5.91 Å². The van der Waals surface area contributed by atoms with Gasteiger partial charge in [-0.1, -0.05) is 43.3 Å². The summed E-state index contributed by atoms with van der Waals surface area (Å²) >= 11 is 1.38. The number of para-hydroxylation sites is 2. The van der Waals surface area contributed by atoms with Crippen LogP contribution in [0, 0.1) is 20.8 Å². The minimum Gasteiger partial charge on any atom is -0.317 e. The van der Waals surface area contributed by atoms with Crippen LogP contribution in [0.5, 0.6) is 0 Å². The molecular formula is C25H25N3OS. The van der Waals surface area contributed by atoms with Crippen molar-refractivity contribution in [1.82, 2.24) is 9.88 Å². The molecule has 1 saturated heterocycles. The van der Waals surface area contributed by atoms with E-state index < -0.39 is 0 Å². The van der Waals surface area contributed by atoms with E-state index in [4.69, 9.17) is 0 Å². The third kappa shape index (κ3) is 3.85. The SMILES string of the molecule is CCc1cccc(C)c1-n1c(C)cc(/C=C2\SC(=Nc3ccccc3)NC2=O)c1C. The van der Waals surface area contributed by atoms with Gasteiger partial charge in [0.25, 0.3) is 5.91 Å². The van der Waals surface area contributed by atoms with Crippen molar-refractivity contribution in [3.63, 3.8) is 0 Å². The molecule has 5 heteroatoms. The lowest BCUT2D eigenvalue weighted by atomic mass is 10.1. The molecule has 1 aliphatic rings. The van der Waals surface area contributed by atoms with E-state index in [0.717, 1.165) is 29.1 Å². The van der Waals surface area contributed by atoms with Crippen LogP contribution in [0.1, 0.15) is 35.0 Å². The number of nitrogens with zero attached hydrogens (tertiary/aromatic N) is 2. The monoisotopic (exact) mass is 415 g/mol. The second kappa shape index (κ2) is 8.36. The number of amides is 1. The lowest BCUT2D eigenvalue weighted by molar-refractivity contribution is -0.115. The van der Waals surface area contributed by atoms with Gasteiger partial charge < -0.3 is 9.88 Å². The van der Waals surface area contributed by atoms with Gasteiger partial charge >= 0.3 is 0 Å². The molecule has 0 saturated carbocycles. The molecule has 0 unspecified atom stereocenters. The van der Waals surface area contributed by atoms with E-state index >= 15 is 0 Å².